The van der Waals surface area contributed by atoms with E-state index in [1.165, 1.54) is 7.11 Å². The fourth-order valence-corrected chi connectivity index (χ4v) is 0.842. The van der Waals surface area contributed by atoms with Gasteiger partial charge in [-0.15, -0.1) is 0 Å². The number of esters is 3. The Labute approximate surface area is 115 Å². The summed E-state index contributed by atoms with van der Waals surface area (Å²) in [6, 6.07) is -1.12. The van der Waals surface area contributed by atoms with E-state index in [1.54, 1.807) is 0 Å². The van der Waals surface area contributed by atoms with E-state index in [0.29, 0.717) is 0 Å². The predicted molar refractivity (Wildman–Crippen MR) is 64.9 cm³/mol. The van der Waals surface area contributed by atoms with Crippen molar-refractivity contribution in [3.8, 4) is 0 Å². The van der Waals surface area contributed by atoms with Crippen LogP contribution in [0.1, 0.15) is 6.92 Å². The lowest BCUT2D eigenvalue weighted by Crippen LogP contribution is -2.43. The Morgan fingerprint density at radius 2 is 1.85 bits per heavy atom. The summed E-state index contributed by atoms with van der Waals surface area (Å²) in [5, 5.41) is 2.27. The van der Waals surface area contributed by atoms with Gasteiger partial charge in [0.1, 0.15) is 6.04 Å². The molecule has 0 aliphatic carbocycles. The minimum Gasteiger partial charge on any atom is -0.466 e. The molecule has 9 nitrogen and oxygen atoms in total. The molecule has 0 aromatic carbocycles. The summed E-state index contributed by atoms with van der Waals surface area (Å²) in [4.78, 5) is 43.6. The SMILES string of the molecule is COC(=O)/C=C/C(=O)NCC(N)C(=O)OCOC(C)=O. The van der Waals surface area contributed by atoms with Crippen LogP contribution in [0.15, 0.2) is 12.2 Å². The van der Waals surface area contributed by atoms with Crippen LogP contribution < -0.4 is 11.1 Å². The first-order valence-corrected chi connectivity index (χ1v) is 5.46. The maximum atomic E-state index is 11.3. The molecule has 3 N–H and O–H groups in total. The molecule has 0 heterocycles. The van der Waals surface area contributed by atoms with Crippen molar-refractivity contribution in [1.29, 1.82) is 0 Å². The number of amides is 1. The first kappa shape index (κ1) is 17.6. The van der Waals surface area contributed by atoms with E-state index in [9.17, 15) is 19.2 Å². The fourth-order valence-electron chi connectivity index (χ4n) is 0.842. The van der Waals surface area contributed by atoms with E-state index in [2.05, 4.69) is 19.5 Å². The van der Waals surface area contributed by atoms with Crippen molar-refractivity contribution in [1.82, 2.24) is 5.32 Å². The quantitative estimate of drug-likeness (QED) is 0.319. The zero-order chi connectivity index (χ0) is 15.5. The zero-order valence-corrected chi connectivity index (χ0v) is 11.1. The van der Waals surface area contributed by atoms with Crippen LogP contribution in [0.3, 0.4) is 0 Å². The molecule has 0 spiro atoms. The van der Waals surface area contributed by atoms with Gasteiger partial charge in [-0.05, 0) is 0 Å². The number of carbonyl (C=O) groups excluding carboxylic acids is 4. The monoisotopic (exact) mass is 288 g/mol. The van der Waals surface area contributed by atoms with E-state index in [-0.39, 0.29) is 6.54 Å². The largest absolute Gasteiger partial charge is 0.466 e. The van der Waals surface area contributed by atoms with E-state index < -0.39 is 36.6 Å². The molecule has 9 heteroatoms. The number of hydrogen-bond donors (Lipinski definition) is 2. The average Bonchev–Trinajstić information content (AvgIpc) is 2.41. The molecule has 0 saturated carbocycles. The molecule has 0 aromatic heterocycles. The van der Waals surface area contributed by atoms with Gasteiger partial charge in [-0.25, -0.2) is 4.79 Å². The number of rotatable bonds is 7. The van der Waals surface area contributed by atoms with Crippen LogP contribution in [0.25, 0.3) is 0 Å². The third kappa shape index (κ3) is 8.64. The predicted octanol–water partition coefficient (Wildman–Crippen LogP) is -1.78. The topological polar surface area (TPSA) is 134 Å². The third-order valence-electron chi connectivity index (χ3n) is 1.83. The van der Waals surface area contributed by atoms with Crippen LogP contribution >= 0.6 is 0 Å². The second-order valence-electron chi connectivity index (χ2n) is 3.43. The summed E-state index contributed by atoms with van der Waals surface area (Å²) in [6.45, 7) is 0.406. The molecule has 0 bridgehead atoms. The van der Waals surface area contributed by atoms with Gasteiger partial charge in [-0.3, -0.25) is 14.4 Å². The number of nitrogens with two attached hydrogens (primary N) is 1. The standard InChI is InChI=1S/C11H16N2O7/c1-7(14)19-6-20-11(17)8(12)5-13-9(15)3-4-10(16)18-2/h3-4,8H,5-6,12H2,1-2H3,(H,13,15)/b4-3+. The maximum Gasteiger partial charge on any atom is 0.330 e. The summed E-state index contributed by atoms with van der Waals surface area (Å²) >= 11 is 0. The molecule has 1 atom stereocenters. The minimum absolute atomic E-state index is 0.205. The van der Waals surface area contributed by atoms with Crippen molar-refractivity contribution in [3.63, 3.8) is 0 Å². The molecule has 0 saturated heterocycles. The Bertz CT molecular complexity index is 406. The number of hydrogen-bond acceptors (Lipinski definition) is 8. The van der Waals surface area contributed by atoms with Crippen LogP contribution in [0.4, 0.5) is 0 Å². The second kappa shape index (κ2) is 9.50. The molecule has 0 aromatic rings. The number of ether oxygens (including phenoxy) is 3. The van der Waals surface area contributed by atoms with Gasteiger partial charge < -0.3 is 25.3 Å². The summed E-state index contributed by atoms with van der Waals surface area (Å²) in [5.41, 5.74) is 5.42. The molecule has 0 rings (SSSR count). The van der Waals surface area contributed by atoms with Gasteiger partial charge in [0.2, 0.25) is 12.7 Å². The Hall–Kier alpha value is -2.42. The van der Waals surface area contributed by atoms with Crippen molar-refractivity contribution in [2.45, 2.75) is 13.0 Å². The van der Waals surface area contributed by atoms with Gasteiger partial charge in [0.15, 0.2) is 0 Å². The maximum absolute atomic E-state index is 11.3. The molecular formula is C11H16N2O7. The van der Waals surface area contributed by atoms with Crippen molar-refractivity contribution in [2.75, 3.05) is 20.4 Å². The molecule has 1 amide bonds. The van der Waals surface area contributed by atoms with Crippen LogP contribution in [-0.4, -0.2) is 50.3 Å². The molecule has 20 heavy (non-hydrogen) atoms. The van der Waals surface area contributed by atoms with E-state index in [0.717, 1.165) is 19.1 Å². The highest BCUT2D eigenvalue weighted by molar-refractivity contribution is 5.94. The lowest BCUT2D eigenvalue weighted by Gasteiger charge is -2.11. The summed E-state index contributed by atoms with van der Waals surface area (Å²) in [6.07, 6.45) is 1.85. The molecule has 1 unspecified atom stereocenters. The Kier molecular flexibility index (Phi) is 8.35. The minimum atomic E-state index is -1.12. The Morgan fingerprint density at radius 1 is 1.20 bits per heavy atom. The van der Waals surface area contributed by atoms with Gasteiger partial charge in [-0.2, -0.15) is 0 Å². The zero-order valence-electron chi connectivity index (χ0n) is 11.1. The third-order valence-corrected chi connectivity index (χ3v) is 1.83. The van der Waals surface area contributed by atoms with Crippen LogP contribution in [-0.2, 0) is 33.4 Å². The highest BCUT2D eigenvalue weighted by atomic mass is 16.7. The number of carbonyl (C=O) groups is 4. The fraction of sp³-hybridized carbons (Fsp3) is 0.455. The smallest absolute Gasteiger partial charge is 0.330 e. The van der Waals surface area contributed by atoms with Gasteiger partial charge in [0, 0.05) is 25.6 Å². The van der Waals surface area contributed by atoms with Crippen molar-refractivity contribution < 1.29 is 33.4 Å². The number of methoxy groups -OCH3 is 1. The van der Waals surface area contributed by atoms with Crippen LogP contribution in [0.5, 0.6) is 0 Å². The number of nitrogens with one attached hydrogen (secondary N) is 1. The Morgan fingerprint density at radius 3 is 2.40 bits per heavy atom. The summed E-state index contributed by atoms with van der Waals surface area (Å²) in [7, 11) is 1.17. The van der Waals surface area contributed by atoms with Crippen molar-refractivity contribution >= 4 is 23.8 Å². The molecular weight excluding hydrogens is 272 g/mol. The van der Waals surface area contributed by atoms with Gasteiger partial charge in [0.25, 0.3) is 0 Å². The van der Waals surface area contributed by atoms with Gasteiger partial charge in [0.05, 0.1) is 7.11 Å². The highest BCUT2D eigenvalue weighted by Gasteiger charge is 2.15. The molecule has 0 aliphatic heterocycles. The van der Waals surface area contributed by atoms with E-state index in [4.69, 9.17) is 5.73 Å². The average molecular weight is 288 g/mol. The first-order valence-electron chi connectivity index (χ1n) is 5.46. The van der Waals surface area contributed by atoms with Gasteiger partial charge in [-0.1, -0.05) is 0 Å². The van der Waals surface area contributed by atoms with Crippen LogP contribution in [0, 0.1) is 0 Å². The van der Waals surface area contributed by atoms with Gasteiger partial charge >= 0.3 is 17.9 Å². The highest BCUT2D eigenvalue weighted by Crippen LogP contribution is 1.87. The lowest BCUT2D eigenvalue weighted by molar-refractivity contribution is -0.166. The van der Waals surface area contributed by atoms with Crippen molar-refractivity contribution in [3.05, 3.63) is 12.2 Å². The molecule has 0 radical (unpaired) electrons. The normalized spacial score (nSPS) is 11.6. The van der Waals surface area contributed by atoms with E-state index >= 15 is 0 Å². The second-order valence-corrected chi connectivity index (χ2v) is 3.43. The van der Waals surface area contributed by atoms with Crippen molar-refractivity contribution in [2.24, 2.45) is 5.73 Å². The van der Waals surface area contributed by atoms with E-state index in [1.807, 2.05) is 0 Å². The molecule has 0 fully saturated rings. The summed E-state index contributed by atoms with van der Waals surface area (Å²) < 4.78 is 13.2. The molecule has 112 valence electrons. The van der Waals surface area contributed by atoms with Crippen LogP contribution in [0.2, 0.25) is 0 Å². The Balaban J connectivity index is 3.96. The summed E-state index contributed by atoms with van der Waals surface area (Å²) in [5.74, 6) is -2.76. The molecule has 0 aliphatic rings. The lowest BCUT2D eigenvalue weighted by atomic mass is 10.3. The first-order chi connectivity index (χ1) is 9.36.